The van der Waals surface area contributed by atoms with E-state index in [1.807, 2.05) is 13.0 Å². The van der Waals surface area contributed by atoms with Crippen LogP contribution in [-0.4, -0.2) is 15.0 Å². The number of nitrogens with one attached hydrogen (secondary N) is 1. The van der Waals surface area contributed by atoms with Gasteiger partial charge in [-0.15, -0.1) is 0 Å². The molecule has 0 spiro atoms. The maximum atomic E-state index is 13.2. The summed E-state index contributed by atoms with van der Waals surface area (Å²) in [6.07, 6.45) is 0. The normalized spacial score (nSPS) is 11.0. The van der Waals surface area contributed by atoms with Crippen molar-refractivity contribution in [2.24, 2.45) is 0 Å². The van der Waals surface area contributed by atoms with E-state index in [2.05, 4.69) is 5.32 Å². The van der Waals surface area contributed by atoms with E-state index in [0.717, 1.165) is 10.1 Å². The molecule has 0 atom stereocenters. The lowest BCUT2D eigenvalue weighted by Gasteiger charge is -2.15. The minimum atomic E-state index is -0.635. The first-order chi connectivity index (χ1) is 15.3. The number of carbonyl (C=O) groups excluding carboxylic acids is 1. The highest BCUT2D eigenvalue weighted by molar-refractivity contribution is 6.33. The molecular formula is C24H19ClFN3O3. The second-order valence-electron chi connectivity index (χ2n) is 7.38. The Balaban J connectivity index is 1.76. The molecule has 3 aromatic carbocycles. The molecule has 8 heteroatoms. The van der Waals surface area contributed by atoms with Gasteiger partial charge in [0.05, 0.1) is 28.2 Å². The largest absolute Gasteiger partial charge is 0.332 e. The molecule has 1 amide bonds. The highest BCUT2D eigenvalue weighted by Gasteiger charge is 2.16. The number of aryl methyl sites for hydroxylation is 1. The maximum Gasteiger partial charge on any atom is 0.332 e. The molecule has 0 bridgehead atoms. The smallest absolute Gasteiger partial charge is 0.323 e. The van der Waals surface area contributed by atoms with Gasteiger partial charge in [0.15, 0.2) is 0 Å². The van der Waals surface area contributed by atoms with Crippen LogP contribution >= 0.6 is 11.6 Å². The molecule has 0 aliphatic heterocycles. The zero-order valence-corrected chi connectivity index (χ0v) is 17.9. The monoisotopic (exact) mass is 451 g/mol. The predicted octanol–water partition coefficient (Wildman–Crippen LogP) is 3.95. The van der Waals surface area contributed by atoms with E-state index in [4.69, 9.17) is 11.6 Å². The predicted molar refractivity (Wildman–Crippen MR) is 123 cm³/mol. The molecule has 1 aromatic heterocycles. The summed E-state index contributed by atoms with van der Waals surface area (Å²) in [7, 11) is 0. The molecule has 32 heavy (non-hydrogen) atoms. The number of anilines is 1. The molecule has 0 saturated carbocycles. The van der Waals surface area contributed by atoms with Crippen molar-refractivity contribution in [3.63, 3.8) is 0 Å². The quantitative estimate of drug-likeness (QED) is 0.499. The molecule has 0 fully saturated rings. The van der Waals surface area contributed by atoms with Gasteiger partial charge in [0, 0.05) is 0 Å². The highest BCUT2D eigenvalue weighted by Crippen LogP contribution is 2.25. The second-order valence-corrected chi connectivity index (χ2v) is 7.79. The van der Waals surface area contributed by atoms with Gasteiger partial charge in [0.2, 0.25) is 5.91 Å². The number of hydrogen-bond acceptors (Lipinski definition) is 3. The van der Waals surface area contributed by atoms with Gasteiger partial charge in [-0.1, -0.05) is 48.0 Å². The first kappa shape index (κ1) is 21.5. The fourth-order valence-electron chi connectivity index (χ4n) is 3.55. The van der Waals surface area contributed by atoms with Gasteiger partial charge >= 0.3 is 5.69 Å². The average molecular weight is 452 g/mol. The SMILES string of the molecule is Cc1cccc(Cl)c1NC(=O)Cn1c(=O)n(Cc2ccc(F)cc2)c(=O)c2ccccc21. The number of halogens is 2. The lowest BCUT2D eigenvalue weighted by Crippen LogP contribution is -2.42. The van der Waals surface area contributed by atoms with Gasteiger partial charge in [-0.25, -0.2) is 9.18 Å². The van der Waals surface area contributed by atoms with Crippen molar-refractivity contribution >= 4 is 34.1 Å². The number of amides is 1. The van der Waals surface area contributed by atoms with Crippen LogP contribution in [0.1, 0.15) is 11.1 Å². The number of para-hydroxylation sites is 2. The Kier molecular flexibility index (Phi) is 5.92. The van der Waals surface area contributed by atoms with E-state index in [1.165, 1.54) is 28.8 Å². The molecule has 0 aliphatic rings. The topological polar surface area (TPSA) is 73.1 Å². The third kappa shape index (κ3) is 4.20. The van der Waals surface area contributed by atoms with E-state index >= 15 is 0 Å². The number of hydrogen-bond donors (Lipinski definition) is 1. The molecule has 162 valence electrons. The van der Waals surface area contributed by atoms with E-state index in [9.17, 15) is 18.8 Å². The van der Waals surface area contributed by atoms with Crippen molar-refractivity contribution in [3.05, 3.63) is 110 Å². The van der Waals surface area contributed by atoms with Gasteiger partial charge in [0.1, 0.15) is 12.4 Å². The summed E-state index contributed by atoms with van der Waals surface area (Å²) in [5.74, 6) is -0.871. The van der Waals surface area contributed by atoms with E-state index in [0.29, 0.717) is 27.2 Å². The van der Waals surface area contributed by atoms with Crippen molar-refractivity contribution in [2.75, 3.05) is 5.32 Å². The molecule has 6 nitrogen and oxygen atoms in total. The van der Waals surface area contributed by atoms with Crippen LogP contribution in [0.4, 0.5) is 10.1 Å². The number of benzene rings is 3. The number of nitrogens with zero attached hydrogens (tertiary/aromatic N) is 2. The van der Waals surface area contributed by atoms with E-state index in [-0.39, 0.29) is 13.1 Å². The summed E-state index contributed by atoms with van der Waals surface area (Å²) in [6, 6.07) is 17.4. The van der Waals surface area contributed by atoms with E-state index in [1.54, 1.807) is 36.4 Å². The molecule has 0 aliphatic carbocycles. The van der Waals surface area contributed by atoms with Crippen molar-refractivity contribution in [2.45, 2.75) is 20.0 Å². The van der Waals surface area contributed by atoms with Crippen LogP contribution in [-0.2, 0) is 17.9 Å². The van der Waals surface area contributed by atoms with Gasteiger partial charge < -0.3 is 5.32 Å². The summed E-state index contributed by atoms with van der Waals surface area (Å²) in [6.45, 7) is 1.45. The van der Waals surface area contributed by atoms with Crippen LogP contribution in [0.25, 0.3) is 10.9 Å². The fraction of sp³-hybridized carbons (Fsp3) is 0.125. The van der Waals surface area contributed by atoms with Gasteiger partial charge in [-0.05, 0) is 48.4 Å². The molecule has 4 rings (SSSR count). The standard InChI is InChI=1S/C24H19ClFN3O3/c1-15-5-4-7-19(25)22(15)27-21(30)14-28-20-8-3-2-6-18(20)23(31)29(24(28)32)13-16-9-11-17(26)12-10-16/h2-12H,13-14H2,1H3,(H,27,30). The van der Waals surface area contributed by atoms with Crippen molar-refractivity contribution in [3.8, 4) is 0 Å². The Hall–Kier alpha value is -3.71. The molecule has 4 aromatic rings. The Labute approximate surface area is 187 Å². The van der Waals surface area contributed by atoms with Crippen LogP contribution < -0.4 is 16.6 Å². The number of carbonyl (C=O) groups is 1. The average Bonchev–Trinajstić information content (AvgIpc) is 2.78. The van der Waals surface area contributed by atoms with Crippen molar-refractivity contribution in [1.82, 2.24) is 9.13 Å². The molecule has 1 N–H and O–H groups in total. The molecule has 0 radical (unpaired) electrons. The summed E-state index contributed by atoms with van der Waals surface area (Å²) in [5, 5.41) is 3.44. The number of fused-ring (bicyclic) bond motifs is 1. The molecule has 1 heterocycles. The third-order valence-electron chi connectivity index (χ3n) is 5.17. The summed E-state index contributed by atoms with van der Waals surface area (Å²) < 4.78 is 15.5. The summed E-state index contributed by atoms with van der Waals surface area (Å²) >= 11 is 6.19. The molecular weight excluding hydrogens is 433 g/mol. The molecule has 0 saturated heterocycles. The Morgan fingerprint density at radius 2 is 1.69 bits per heavy atom. The van der Waals surface area contributed by atoms with Crippen molar-refractivity contribution in [1.29, 1.82) is 0 Å². The van der Waals surface area contributed by atoms with Crippen molar-refractivity contribution < 1.29 is 9.18 Å². The minimum Gasteiger partial charge on any atom is -0.323 e. The van der Waals surface area contributed by atoms with Crippen LogP contribution in [0.5, 0.6) is 0 Å². The van der Waals surface area contributed by atoms with E-state index < -0.39 is 23.0 Å². The maximum absolute atomic E-state index is 13.2. The first-order valence-corrected chi connectivity index (χ1v) is 10.2. The number of aromatic nitrogens is 2. The Morgan fingerprint density at radius 1 is 0.969 bits per heavy atom. The molecule has 0 unspecified atom stereocenters. The summed E-state index contributed by atoms with van der Waals surface area (Å²) in [5.41, 5.74) is 1.07. The lowest BCUT2D eigenvalue weighted by molar-refractivity contribution is -0.116. The van der Waals surface area contributed by atoms with Gasteiger partial charge in [0.25, 0.3) is 5.56 Å². The van der Waals surface area contributed by atoms with Crippen LogP contribution in [0.3, 0.4) is 0 Å². The van der Waals surface area contributed by atoms with Crippen LogP contribution in [0.15, 0.2) is 76.3 Å². The Bertz CT molecular complexity index is 1420. The Morgan fingerprint density at radius 3 is 2.41 bits per heavy atom. The zero-order valence-electron chi connectivity index (χ0n) is 17.1. The third-order valence-corrected chi connectivity index (χ3v) is 5.49. The first-order valence-electron chi connectivity index (χ1n) is 9.87. The fourth-order valence-corrected chi connectivity index (χ4v) is 3.82. The van der Waals surface area contributed by atoms with Gasteiger partial charge in [-0.2, -0.15) is 0 Å². The lowest BCUT2D eigenvalue weighted by atomic mass is 10.2. The second kappa shape index (κ2) is 8.80. The minimum absolute atomic E-state index is 0.0476. The highest BCUT2D eigenvalue weighted by atomic mass is 35.5. The van der Waals surface area contributed by atoms with Crippen LogP contribution in [0.2, 0.25) is 5.02 Å². The van der Waals surface area contributed by atoms with Gasteiger partial charge in [-0.3, -0.25) is 18.7 Å². The van der Waals surface area contributed by atoms with Crippen LogP contribution in [0, 0.1) is 12.7 Å². The number of rotatable bonds is 5. The summed E-state index contributed by atoms with van der Waals surface area (Å²) in [4.78, 5) is 39.1. The zero-order chi connectivity index (χ0) is 22.8.